The summed E-state index contributed by atoms with van der Waals surface area (Å²) < 4.78 is 0. The molecule has 0 saturated carbocycles. The summed E-state index contributed by atoms with van der Waals surface area (Å²) in [4.78, 5) is 8.62. The van der Waals surface area contributed by atoms with Gasteiger partial charge < -0.3 is 16.0 Å². The fourth-order valence-electron chi connectivity index (χ4n) is 1.93. The normalized spacial score (nSPS) is 19.1. The summed E-state index contributed by atoms with van der Waals surface area (Å²) in [7, 11) is 1.86. The Kier molecular flexibility index (Phi) is 3.24. The van der Waals surface area contributed by atoms with Gasteiger partial charge in [0.25, 0.3) is 0 Å². The summed E-state index contributed by atoms with van der Waals surface area (Å²) >= 11 is 0. The van der Waals surface area contributed by atoms with Gasteiger partial charge in [-0.25, -0.2) is 4.98 Å². The molecule has 0 atom stereocenters. The molecule has 1 aromatic rings. The van der Waals surface area contributed by atoms with Crippen molar-refractivity contribution in [2.24, 2.45) is 0 Å². The quantitative estimate of drug-likeness (QED) is 0.712. The monoisotopic (exact) mass is 221 g/mol. The van der Waals surface area contributed by atoms with Gasteiger partial charge in [0.15, 0.2) is 0 Å². The third-order valence-corrected chi connectivity index (χ3v) is 3.03. The number of rotatable bonds is 3. The number of nitrogens with zero attached hydrogens (tertiary/aromatic N) is 2. The molecule has 2 heterocycles. The Morgan fingerprint density at radius 3 is 2.81 bits per heavy atom. The highest BCUT2D eigenvalue weighted by molar-refractivity contribution is 5.40. The van der Waals surface area contributed by atoms with E-state index in [2.05, 4.69) is 32.8 Å². The van der Waals surface area contributed by atoms with Gasteiger partial charge in [0.2, 0.25) is 5.95 Å². The highest BCUT2D eigenvalue weighted by Crippen LogP contribution is 2.21. The minimum Gasteiger partial charge on any atom is -0.373 e. The second-order valence-corrected chi connectivity index (χ2v) is 4.45. The highest BCUT2D eigenvalue weighted by Gasteiger charge is 2.27. The zero-order valence-electron chi connectivity index (χ0n) is 9.88. The van der Waals surface area contributed by atoms with E-state index in [0.717, 1.165) is 31.7 Å². The molecule has 16 heavy (non-hydrogen) atoms. The van der Waals surface area contributed by atoms with E-state index in [4.69, 9.17) is 0 Å². The molecule has 0 amide bonds. The first-order valence-electron chi connectivity index (χ1n) is 5.72. The third-order valence-electron chi connectivity index (χ3n) is 3.03. The van der Waals surface area contributed by atoms with Gasteiger partial charge in [-0.1, -0.05) is 0 Å². The van der Waals surface area contributed by atoms with Crippen molar-refractivity contribution in [1.29, 1.82) is 0 Å². The molecule has 2 rings (SSSR count). The fourth-order valence-corrected chi connectivity index (χ4v) is 1.93. The average molecular weight is 221 g/mol. The van der Waals surface area contributed by atoms with Crippen LogP contribution >= 0.6 is 0 Å². The molecule has 0 aliphatic carbocycles. The van der Waals surface area contributed by atoms with Crippen molar-refractivity contribution in [3.8, 4) is 0 Å². The zero-order valence-corrected chi connectivity index (χ0v) is 9.88. The number of nitrogens with one attached hydrogen (secondary N) is 3. The van der Waals surface area contributed by atoms with Gasteiger partial charge in [-0.3, -0.25) is 0 Å². The van der Waals surface area contributed by atoms with Crippen molar-refractivity contribution in [3.05, 3.63) is 12.3 Å². The molecule has 5 heteroatoms. The summed E-state index contributed by atoms with van der Waals surface area (Å²) in [6.45, 7) is 4.33. The van der Waals surface area contributed by atoms with E-state index in [1.807, 2.05) is 13.1 Å². The van der Waals surface area contributed by atoms with E-state index in [1.165, 1.54) is 0 Å². The lowest BCUT2D eigenvalue weighted by Crippen LogP contribution is -2.45. The van der Waals surface area contributed by atoms with Gasteiger partial charge in [0.1, 0.15) is 5.82 Å². The van der Waals surface area contributed by atoms with Crippen LogP contribution in [0.2, 0.25) is 0 Å². The Balaban J connectivity index is 2.07. The van der Waals surface area contributed by atoms with Crippen LogP contribution in [0, 0.1) is 0 Å². The molecule has 3 N–H and O–H groups in total. The van der Waals surface area contributed by atoms with E-state index in [0.29, 0.717) is 5.95 Å². The maximum atomic E-state index is 4.38. The standard InChI is InChI=1S/C11H19N5/c1-11(4-7-13-8-5-11)16-10-14-6-3-9(12-2)15-10/h3,6,13H,4-5,7-8H2,1-2H3,(H2,12,14,15,16). The van der Waals surface area contributed by atoms with Crippen molar-refractivity contribution < 1.29 is 0 Å². The Morgan fingerprint density at radius 2 is 2.12 bits per heavy atom. The first kappa shape index (κ1) is 11.1. The molecule has 0 aromatic carbocycles. The van der Waals surface area contributed by atoms with Crippen molar-refractivity contribution in [2.45, 2.75) is 25.3 Å². The molecule has 5 nitrogen and oxygen atoms in total. The summed E-state index contributed by atoms with van der Waals surface area (Å²) in [6.07, 6.45) is 3.96. The Hall–Kier alpha value is -1.36. The van der Waals surface area contributed by atoms with Crippen LogP contribution in [0.3, 0.4) is 0 Å². The lowest BCUT2D eigenvalue weighted by molar-refractivity contribution is 0.363. The molecule has 0 radical (unpaired) electrons. The van der Waals surface area contributed by atoms with Crippen LogP contribution in [-0.4, -0.2) is 35.6 Å². The molecule has 1 fully saturated rings. The summed E-state index contributed by atoms with van der Waals surface area (Å²) in [6, 6.07) is 1.86. The Labute approximate surface area is 96.1 Å². The zero-order chi connectivity index (χ0) is 11.4. The first-order valence-corrected chi connectivity index (χ1v) is 5.72. The third kappa shape index (κ3) is 2.61. The molecular formula is C11H19N5. The number of piperidine rings is 1. The molecule has 88 valence electrons. The van der Waals surface area contributed by atoms with Crippen LogP contribution in [0.15, 0.2) is 12.3 Å². The fraction of sp³-hybridized carbons (Fsp3) is 0.636. The van der Waals surface area contributed by atoms with Crippen LogP contribution in [-0.2, 0) is 0 Å². The molecule has 1 aliphatic rings. The van der Waals surface area contributed by atoms with Gasteiger partial charge in [0.05, 0.1) is 0 Å². The maximum absolute atomic E-state index is 4.38. The summed E-state index contributed by atoms with van der Waals surface area (Å²) in [5, 5.41) is 9.80. The van der Waals surface area contributed by atoms with Gasteiger partial charge in [-0.2, -0.15) is 4.98 Å². The van der Waals surface area contributed by atoms with E-state index in [1.54, 1.807) is 6.20 Å². The van der Waals surface area contributed by atoms with E-state index >= 15 is 0 Å². The van der Waals surface area contributed by atoms with E-state index in [-0.39, 0.29) is 5.54 Å². The minimum atomic E-state index is 0.109. The first-order chi connectivity index (χ1) is 7.72. The second kappa shape index (κ2) is 4.65. The topological polar surface area (TPSA) is 61.9 Å². The van der Waals surface area contributed by atoms with Crippen molar-refractivity contribution >= 4 is 11.8 Å². The second-order valence-electron chi connectivity index (χ2n) is 4.45. The van der Waals surface area contributed by atoms with Gasteiger partial charge in [-0.05, 0) is 38.9 Å². The molecule has 0 unspecified atom stereocenters. The summed E-state index contributed by atoms with van der Waals surface area (Å²) in [5.74, 6) is 1.55. The number of hydrogen-bond acceptors (Lipinski definition) is 5. The molecule has 1 aromatic heterocycles. The number of aromatic nitrogens is 2. The van der Waals surface area contributed by atoms with Crippen molar-refractivity contribution in [3.63, 3.8) is 0 Å². The smallest absolute Gasteiger partial charge is 0.225 e. The molecule has 1 aliphatic heterocycles. The van der Waals surface area contributed by atoms with E-state index < -0.39 is 0 Å². The average Bonchev–Trinajstić information content (AvgIpc) is 2.29. The predicted molar refractivity (Wildman–Crippen MR) is 65.7 cm³/mol. The van der Waals surface area contributed by atoms with Crippen LogP contribution in [0.5, 0.6) is 0 Å². The van der Waals surface area contributed by atoms with Gasteiger partial charge in [0, 0.05) is 18.8 Å². The van der Waals surface area contributed by atoms with Crippen LogP contribution in [0.25, 0.3) is 0 Å². The minimum absolute atomic E-state index is 0.109. The molecule has 0 bridgehead atoms. The van der Waals surface area contributed by atoms with Crippen molar-refractivity contribution in [1.82, 2.24) is 15.3 Å². The lowest BCUT2D eigenvalue weighted by Gasteiger charge is -2.34. The Bertz CT molecular complexity index is 346. The van der Waals surface area contributed by atoms with E-state index in [9.17, 15) is 0 Å². The van der Waals surface area contributed by atoms with Crippen LogP contribution in [0.1, 0.15) is 19.8 Å². The lowest BCUT2D eigenvalue weighted by atomic mass is 9.91. The van der Waals surface area contributed by atoms with Crippen molar-refractivity contribution in [2.75, 3.05) is 30.8 Å². The largest absolute Gasteiger partial charge is 0.373 e. The van der Waals surface area contributed by atoms with Gasteiger partial charge >= 0.3 is 0 Å². The molecule has 1 saturated heterocycles. The number of anilines is 2. The van der Waals surface area contributed by atoms with Crippen LogP contribution < -0.4 is 16.0 Å². The maximum Gasteiger partial charge on any atom is 0.225 e. The Morgan fingerprint density at radius 1 is 1.38 bits per heavy atom. The predicted octanol–water partition coefficient (Wildman–Crippen LogP) is 1.07. The van der Waals surface area contributed by atoms with Crippen LogP contribution in [0.4, 0.5) is 11.8 Å². The molecule has 0 spiro atoms. The summed E-state index contributed by atoms with van der Waals surface area (Å²) in [5.41, 5.74) is 0.109. The van der Waals surface area contributed by atoms with Gasteiger partial charge in [-0.15, -0.1) is 0 Å². The highest BCUT2D eigenvalue weighted by atomic mass is 15.2. The SMILES string of the molecule is CNc1ccnc(NC2(C)CCNCC2)n1. The number of hydrogen-bond donors (Lipinski definition) is 3. The molecular weight excluding hydrogens is 202 g/mol.